The van der Waals surface area contributed by atoms with Crippen LogP contribution in [0.15, 0.2) is 18.2 Å². The standard InChI is InChI=1S/C12H14O4/c1-4-8-7-9(11(13)15-2)5-6-10(8)12(14)16-3/h5-7H,4H2,1-3H3. The van der Waals surface area contributed by atoms with Crippen LogP contribution in [0, 0.1) is 0 Å². The van der Waals surface area contributed by atoms with Gasteiger partial charge in [-0.05, 0) is 30.2 Å². The fourth-order valence-corrected chi connectivity index (χ4v) is 1.44. The summed E-state index contributed by atoms with van der Waals surface area (Å²) in [5.41, 5.74) is 1.69. The summed E-state index contributed by atoms with van der Waals surface area (Å²) in [4.78, 5) is 22.7. The van der Waals surface area contributed by atoms with E-state index in [9.17, 15) is 9.59 Å². The van der Waals surface area contributed by atoms with Gasteiger partial charge in [-0.1, -0.05) is 6.92 Å². The fourth-order valence-electron chi connectivity index (χ4n) is 1.44. The molecule has 4 nitrogen and oxygen atoms in total. The van der Waals surface area contributed by atoms with Crippen LogP contribution in [0.4, 0.5) is 0 Å². The number of aryl methyl sites for hydroxylation is 1. The molecular formula is C12H14O4. The quantitative estimate of drug-likeness (QED) is 0.732. The lowest BCUT2D eigenvalue weighted by atomic mass is 10.0. The number of methoxy groups -OCH3 is 2. The summed E-state index contributed by atoms with van der Waals surface area (Å²) in [5.74, 6) is -0.806. The molecule has 0 spiro atoms. The molecule has 0 aliphatic carbocycles. The van der Waals surface area contributed by atoms with Crippen molar-refractivity contribution in [2.75, 3.05) is 14.2 Å². The Hall–Kier alpha value is -1.84. The molecule has 0 aliphatic heterocycles. The van der Waals surface area contributed by atoms with Crippen molar-refractivity contribution in [2.45, 2.75) is 13.3 Å². The van der Waals surface area contributed by atoms with E-state index in [1.165, 1.54) is 14.2 Å². The smallest absolute Gasteiger partial charge is 0.338 e. The van der Waals surface area contributed by atoms with Crippen LogP contribution in [0.25, 0.3) is 0 Å². The molecule has 0 aromatic heterocycles. The second kappa shape index (κ2) is 5.30. The molecule has 86 valence electrons. The van der Waals surface area contributed by atoms with Crippen molar-refractivity contribution < 1.29 is 19.1 Å². The van der Waals surface area contributed by atoms with Gasteiger partial charge in [-0.3, -0.25) is 0 Å². The molecule has 1 aromatic carbocycles. The van der Waals surface area contributed by atoms with Gasteiger partial charge in [-0.25, -0.2) is 9.59 Å². The lowest BCUT2D eigenvalue weighted by Crippen LogP contribution is -2.08. The van der Waals surface area contributed by atoms with Crippen LogP contribution >= 0.6 is 0 Å². The number of rotatable bonds is 3. The minimum Gasteiger partial charge on any atom is -0.465 e. The highest BCUT2D eigenvalue weighted by molar-refractivity contribution is 5.94. The van der Waals surface area contributed by atoms with E-state index in [1.54, 1.807) is 18.2 Å². The number of carbonyl (C=O) groups is 2. The minimum absolute atomic E-state index is 0.395. The molecule has 1 aromatic rings. The average molecular weight is 222 g/mol. The van der Waals surface area contributed by atoms with Crippen molar-refractivity contribution in [3.63, 3.8) is 0 Å². The van der Waals surface area contributed by atoms with Crippen molar-refractivity contribution in [2.24, 2.45) is 0 Å². The van der Waals surface area contributed by atoms with Crippen LogP contribution in [-0.2, 0) is 15.9 Å². The Bertz CT molecular complexity index is 409. The zero-order chi connectivity index (χ0) is 12.1. The first-order chi connectivity index (χ1) is 7.63. The largest absolute Gasteiger partial charge is 0.465 e. The zero-order valence-electron chi connectivity index (χ0n) is 9.57. The molecular weight excluding hydrogens is 208 g/mol. The van der Waals surface area contributed by atoms with Gasteiger partial charge in [-0.15, -0.1) is 0 Å². The van der Waals surface area contributed by atoms with Crippen LogP contribution in [0.3, 0.4) is 0 Å². The molecule has 0 unspecified atom stereocenters. The molecule has 0 saturated carbocycles. The summed E-state index contributed by atoms with van der Waals surface area (Å²) in [6.45, 7) is 1.91. The Labute approximate surface area is 94.2 Å². The number of hydrogen-bond acceptors (Lipinski definition) is 4. The first kappa shape index (κ1) is 12.2. The maximum Gasteiger partial charge on any atom is 0.338 e. The summed E-state index contributed by atoms with van der Waals surface area (Å²) in [5, 5.41) is 0. The molecule has 0 heterocycles. The van der Waals surface area contributed by atoms with Crippen molar-refractivity contribution in [1.82, 2.24) is 0 Å². The van der Waals surface area contributed by atoms with Gasteiger partial charge in [0, 0.05) is 0 Å². The zero-order valence-corrected chi connectivity index (χ0v) is 9.57. The minimum atomic E-state index is -0.411. The predicted molar refractivity (Wildman–Crippen MR) is 58.5 cm³/mol. The van der Waals surface area contributed by atoms with Gasteiger partial charge < -0.3 is 9.47 Å². The van der Waals surface area contributed by atoms with E-state index in [0.717, 1.165) is 5.56 Å². The molecule has 0 amide bonds. The molecule has 0 bridgehead atoms. The number of benzene rings is 1. The van der Waals surface area contributed by atoms with E-state index in [1.807, 2.05) is 6.92 Å². The first-order valence-corrected chi connectivity index (χ1v) is 4.93. The summed E-state index contributed by atoms with van der Waals surface area (Å²) in [7, 11) is 2.65. The number of esters is 2. The monoisotopic (exact) mass is 222 g/mol. The van der Waals surface area contributed by atoms with Crippen LogP contribution < -0.4 is 0 Å². The highest BCUT2D eigenvalue weighted by Crippen LogP contribution is 2.14. The van der Waals surface area contributed by atoms with E-state index in [0.29, 0.717) is 17.5 Å². The molecule has 1 rings (SSSR count). The van der Waals surface area contributed by atoms with Crippen molar-refractivity contribution in [3.05, 3.63) is 34.9 Å². The van der Waals surface area contributed by atoms with Gasteiger partial charge >= 0.3 is 11.9 Å². The second-order valence-electron chi connectivity index (χ2n) is 3.21. The Morgan fingerprint density at radius 2 is 1.75 bits per heavy atom. The Kier molecular flexibility index (Phi) is 4.05. The Balaban J connectivity index is 3.16. The first-order valence-electron chi connectivity index (χ1n) is 4.93. The van der Waals surface area contributed by atoms with Crippen LogP contribution in [0.2, 0.25) is 0 Å². The maximum atomic E-state index is 11.4. The predicted octanol–water partition coefficient (Wildman–Crippen LogP) is 1.82. The van der Waals surface area contributed by atoms with Gasteiger partial charge in [0.1, 0.15) is 0 Å². The molecule has 0 atom stereocenters. The highest BCUT2D eigenvalue weighted by Gasteiger charge is 2.13. The summed E-state index contributed by atoms with van der Waals surface area (Å²) >= 11 is 0. The molecule has 16 heavy (non-hydrogen) atoms. The van der Waals surface area contributed by atoms with Crippen molar-refractivity contribution in [1.29, 1.82) is 0 Å². The van der Waals surface area contributed by atoms with Gasteiger partial charge in [0.15, 0.2) is 0 Å². The molecule has 0 saturated heterocycles. The van der Waals surface area contributed by atoms with Crippen LogP contribution in [0.5, 0.6) is 0 Å². The topological polar surface area (TPSA) is 52.6 Å². The lowest BCUT2D eigenvalue weighted by Gasteiger charge is -2.07. The molecule has 0 radical (unpaired) electrons. The van der Waals surface area contributed by atoms with Crippen LogP contribution in [-0.4, -0.2) is 26.2 Å². The third kappa shape index (κ3) is 2.39. The Morgan fingerprint density at radius 3 is 2.25 bits per heavy atom. The van der Waals surface area contributed by atoms with E-state index in [4.69, 9.17) is 0 Å². The highest BCUT2D eigenvalue weighted by atomic mass is 16.5. The average Bonchev–Trinajstić information content (AvgIpc) is 2.35. The second-order valence-corrected chi connectivity index (χ2v) is 3.21. The Morgan fingerprint density at radius 1 is 1.12 bits per heavy atom. The van der Waals surface area contributed by atoms with E-state index in [-0.39, 0.29) is 0 Å². The van der Waals surface area contributed by atoms with Crippen molar-refractivity contribution in [3.8, 4) is 0 Å². The van der Waals surface area contributed by atoms with E-state index in [2.05, 4.69) is 9.47 Å². The van der Waals surface area contributed by atoms with E-state index < -0.39 is 11.9 Å². The number of hydrogen-bond donors (Lipinski definition) is 0. The van der Waals surface area contributed by atoms with Crippen LogP contribution in [0.1, 0.15) is 33.2 Å². The van der Waals surface area contributed by atoms with Crippen molar-refractivity contribution >= 4 is 11.9 Å². The fraction of sp³-hybridized carbons (Fsp3) is 0.333. The third-order valence-electron chi connectivity index (χ3n) is 2.31. The summed E-state index contributed by atoms with van der Waals surface area (Å²) in [6, 6.07) is 4.78. The molecule has 0 aliphatic rings. The molecule has 4 heteroatoms. The lowest BCUT2D eigenvalue weighted by molar-refractivity contribution is 0.0585. The normalized spacial score (nSPS) is 9.69. The van der Waals surface area contributed by atoms with Gasteiger partial charge in [0.25, 0.3) is 0 Å². The number of ether oxygens (including phenoxy) is 2. The van der Waals surface area contributed by atoms with Gasteiger partial charge in [0.2, 0.25) is 0 Å². The van der Waals surface area contributed by atoms with Gasteiger partial charge in [0.05, 0.1) is 25.3 Å². The maximum absolute atomic E-state index is 11.4. The number of carbonyl (C=O) groups excluding carboxylic acids is 2. The molecule has 0 fully saturated rings. The van der Waals surface area contributed by atoms with E-state index >= 15 is 0 Å². The third-order valence-corrected chi connectivity index (χ3v) is 2.31. The SMILES string of the molecule is CCc1cc(C(=O)OC)ccc1C(=O)OC. The molecule has 0 N–H and O–H groups in total. The summed E-state index contributed by atoms with van der Waals surface area (Å²) < 4.78 is 9.26. The van der Waals surface area contributed by atoms with Gasteiger partial charge in [-0.2, -0.15) is 0 Å². The summed E-state index contributed by atoms with van der Waals surface area (Å²) in [6.07, 6.45) is 0.648.